The van der Waals surface area contributed by atoms with Crippen LogP contribution in [0, 0.1) is 0 Å². The molecule has 2 N–H and O–H groups in total. The Balaban J connectivity index is 1.99. The van der Waals surface area contributed by atoms with Crippen molar-refractivity contribution in [2.75, 3.05) is 5.32 Å². The van der Waals surface area contributed by atoms with E-state index in [2.05, 4.69) is 10.6 Å². The average molecular weight is 289 g/mol. The highest BCUT2D eigenvalue weighted by Gasteiger charge is 2.13. The number of carbonyl (C=O) groups is 2. The van der Waals surface area contributed by atoms with Crippen molar-refractivity contribution in [1.82, 2.24) is 5.32 Å². The predicted octanol–water partition coefficient (Wildman–Crippen LogP) is 3.40. The summed E-state index contributed by atoms with van der Waals surface area (Å²) in [5, 5.41) is 5.82. The third-order valence-corrected chi connectivity index (χ3v) is 2.94. The van der Waals surface area contributed by atoms with E-state index in [9.17, 15) is 9.59 Å². The van der Waals surface area contributed by atoms with Gasteiger partial charge in [0.2, 0.25) is 0 Å². The Morgan fingerprint density at radius 3 is 2.30 bits per heavy atom. The van der Waals surface area contributed by atoms with E-state index < -0.39 is 12.1 Å². The zero-order chi connectivity index (χ0) is 14.4. The minimum absolute atomic E-state index is 0.451. The number of hydrogen-bond donors (Lipinski definition) is 2. The molecule has 0 radical (unpaired) electrons. The van der Waals surface area contributed by atoms with Crippen LogP contribution in [0.1, 0.15) is 11.6 Å². The van der Waals surface area contributed by atoms with E-state index in [-0.39, 0.29) is 0 Å². The van der Waals surface area contributed by atoms with Gasteiger partial charge in [0, 0.05) is 10.7 Å². The molecule has 0 aliphatic rings. The lowest BCUT2D eigenvalue weighted by atomic mass is 10.1. The number of carbonyl (C=O) groups excluding carboxylic acids is 2. The Labute approximate surface area is 121 Å². The van der Waals surface area contributed by atoms with Crippen molar-refractivity contribution in [2.24, 2.45) is 0 Å². The summed E-state index contributed by atoms with van der Waals surface area (Å²) in [7, 11) is 0. The number of hydrogen-bond acceptors (Lipinski definition) is 2. The van der Waals surface area contributed by atoms with Crippen LogP contribution in [0.25, 0.3) is 0 Å². The van der Waals surface area contributed by atoms with E-state index in [1.807, 2.05) is 18.2 Å². The first-order chi connectivity index (χ1) is 9.69. The van der Waals surface area contributed by atoms with Gasteiger partial charge in [-0.1, -0.05) is 41.9 Å². The second-order valence-electron chi connectivity index (χ2n) is 4.13. The molecular weight excluding hydrogens is 276 g/mol. The normalized spacial score (nSPS) is 11.4. The molecule has 2 rings (SSSR count). The number of urea groups is 1. The highest BCUT2D eigenvalue weighted by Crippen LogP contribution is 2.14. The number of nitrogens with one attached hydrogen (secondary N) is 2. The second kappa shape index (κ2) is 6.73. The third-order valence-electron chi connectivity index (χ3n) is 2.68. The molecule has 20 heavy (non-hydrogen) atoms. The Morgan fingerprint density at radius 2 is 1.70 bits per heavy atom. The van der Waals surface area contributed by atoms with Crippen LogP contribution >= 0.6 is 11.6 Å². The molecule has 0 saturated carbocycles. The first kappa shape index (κ1) is 14.1. The summed E-state index contributed by atoms with van der Waals surface area (Å²) in [6, 6.07) is 14.6. The van der Waals surface area contributed by atoms with E-state index in [4.69, 9.17) is 11.6 Å². The van der Waals surface area contributed by atoms with Crippen molar-refractivity contribution < 1.29 is 9.59 Å². The van der Waals surface area contributed by atoms with E-state index in [0.717, 1.165) is 5.56 Å². The molecular formula is C15H13ClN2O2. The number of rotatable bonds is 4. The van der Waals surface area contributed by atoms with Crippen molar-refractivity contribution in [3.8, 4) is 0 Å². The van der Waals surface area contributed by atoms with Crippen molar-refractivity contribution in [1.29, 1.82) is 0 Å². The highest BCUT2D eigenvalue weighted by atomic mass is 35.5. The van der Waals surface area contributed by atoms with Crippen LogP contribution in [0.5, 0.6) is 0 Å². The van der Waals surface area contributed by atoms with Crippen LogP contribution in [0.4, 0.5) is 10.5 Å². The third kappa shape index (κ3) is 3.83. The largest absolute Gasteiger partial charge is 0.324 e. The Morgan fingerprint density at radius 1 is 1.05 bits per heavy atom. The minimum atomic E-state index is -0.677. The van der Waals surface area contributed by atoms with Crippen LogP contribution in [0.2, 0.25) is 5.02 Å². The Kier molecular flexibility index (Phi) is 4.74. The maximum atomic E-state index is 11.8. The zero-order valence-corrected chi connectivity index (χ0v) is 11.3. The van der Waals surface area contributed by atoms with Gasteiger partial charge in [0.15, 0.2) is 0 Å². The summed E-state index contributed by atoms with van der Waals surface area (Å²) in [5.74, 6) is 0. The first-order valence-electron chi connectivity index (χ1n) is 6.02. The van der Waals surface area contributed by atoms with E-state index in [0.29, 0.717) is 17.0 Å². The maximum Gasteiger partial charge on any atom is 0.320 e. The summed E-state index contributed by atoms with van der Waals surface area (Å²) in [6.45, 7) is 0. The van der Waals surface area contributed by atoms with Gasteiger partial charge in [-0.25, -0.2) is 4.79 Å². The summed E-state index contributed by atoms with van der Waals surface area (Å²) >= 11 is 5.76. The standard InChI is InChI=1S/C15H13ClN2O2/c16-12-6-8-13(9-7-12)17-15(20)18-14(10-19)11-4-2-1-3-5-11/h1-10,14H,(H2,17,18,20). The lowest BCUT2D eigenvalue weighted by molar-refractivity contribution is -0.109. The smallest absolute Gasteiger partial charge is 0.320 e. The van der Waals surface area contributed by atoms with Crippen LogP contribution in [-0.4, -0.2) is 12.3 Å². The molecule has 4 nitrogen and oxygen atoms in total. The lowest BCUT2D eigenvalue weighted by Gasteiger charge is -2.14. The fraction of sp³-hybridized carbons (Fsp3) is 0.0667. The summed E-state index contributed by atoms with van der Waals surface area (Å²) in [5.41, 5.74) is 1.33. The van der Waals surface area contributed by atoms with Crippen molar-refractivity contribution >= 4 is 29.6 Å². The molecule has 0 aromatic heterocycles. The molecule has 0 saturated heterocycles. The van der Waals surface area contributed by atoms with Gasteiger partial charge in [-0.3, -0.25) is 0 Å². The molecule has 0 fully saturated rings. The molecule has 2 aromatic rings. The molecule has 0 heterocycles. The number of anilines is 1. The molecule has 1 unspecified atom stereocenters. The van der Waals surface area contributed by atoms with Gasteiger partial charge >= 0.3 is 6.03 Å². The van der Waals surface area contributed by atoms with Gasteiger partial charge in [0.25, 0.3) is 0 Å². The van der Waals surface area contributed by atoms with Crippen LogP contribution in [-0.2, 0) is 4.79 Å². The molecule has 1 atom stereocenters. The van der Waals surface area contributed by atoms with E-state index >= 15 is 0 Å². The van der Waals surface area contributed by atoms with Crippen molar-refractivity contribution in [3.05, 3.63) is 65.2 Å². The molecule has 0 bridgehead atoms. The molecule has 0 aliphatic heterocycles. The predicted molar refractivity (Wildman–Crippen MR) is 78.9 cm³/mol. The minimum Gasteiger partial charge on any atom is -0.324 e. The SMILES string of the molecule is O=CC(NC(=O)Nc1ccc(Cl)cc1)c1ccccc1. The van der Waals surface area contributed by atoms with Crippen LogP contribution in [0.15, 0.2) is 54.6 Å². The van der Waals surface area contributed by atoms with E-state index in [1.165, 1.54) is 0 Å². The maximum absolute atomic E-state index is 11.8. The van der Waals surface area contributed by atoms with Gasteiger partial charge in [0.05, 0.1) is 0 Å². The fourth-order valence-electron chi connectivity index (χ4n) is 1.70. The summed E-state index contributed by atoms with van der Waals surface area (Å²) < 4.78 is 0. The lowest BCUT2D eigenvalue weighted by Crippen LogP contribution is -2.33. The quantitative estimate of drug-likeness (QED) is 0.847. The average Bonchev–Trinajstić information content (AvgIpc) is 2.48. The molecule has 5 heteroatoms. The number of halogens is 1. The fourth-order valence-corrected chi connectivity index (χ4v) is 1.82. The van der Waals surface area contributed by atoms with Gasteiger partial charge in [-0.15, -0.1) is 0 Å². The molecule has 0 spiro atoms. The highest BCUT2D eigenvalue weighted by molar-refractivity contribution is 6.30. The Hall–Kier alpha value is -2.33. The molecule has 0 aliphatic carbocycles. The van der Waals surface area contributed by atoms with Gasteiger partial charge in [-0.2, -0.15) is 0 Å². The van der Waals surface area contributed by atoms with Crippen molar-refractivity contribution in [2.45, 2.75) is 6.04 Å². The number of benzene rings is 2. The van der Waals surface area contributed by atoms with Gasteiger partial charge in [-0.05, 0) is 29.8 Å². The molecule has 2 amide bonds. The molecule has 102 valence electrons. The molecule has 2 aromatic carbocycles. The monoisotopic (exact) mass is 288 g/mol. The number of amides is 2. The van der Waals surface area contributed by atoms with Gasteiger partial charge in [0.1, 0.15) is 12.3 Å². The van der Waals surface area contributed by atoms with Crippen LogP contribution in [0.3, 0.4) is 0 Å². The Bertz CT molecular complexity index is 585. The zero-order valence-electron chi connectivity index (χ0n) is 10.5. The second-order valence-corrected chi connectivity index (χ2v) is 4.57. The van der Waals surface area contributed by atoms with Crippen molar-refractivity contribution in [3.63, 3.8) is 0 Å². The van der Waals surface area contributed by atoms with Crippen LogP contribution < -0.4 is 10.6 Å². The topological polar surface area (TPSA) is 58.2 Å². The summed E-state index contributed by atoms with van der Waals surface area (Å²) in [4.78, 5) is 22.9. The van der Waals surface area contributed by atoms with E-state index in [1.54, 1.807) is 36.4 Å². The van der Waals surface area contributed by atoms with Gasteiger partial charge < -0.3 is 15.4 Å². The number of aldehydes is 1. The summed E-state index contributed by atoms with van der Waals surface area (Å²) in [6.07, 6.45) is 0.691. The first-order valence-corrected chi connectivity index (χ1v) is 6.40.